The molecule has 2 N–H and O–H groups in total. The van der Waals surface area contributed by atoms with Crippen molar-refractivity contribution >= 4 is 23.2 Å². The number of rotatable bonds is 8. The lowest BCUT2D eigenvalue weighted by Gasteiger charge is -2.19. The molecule has 6 heteroatoms. The second kappa shape index (κ2) is 9.54. The Labute approximate surface area is 148 Å². The summed E-state index contributed by atoms with van der Waals surface area (Å²) in [4.78, 5) is 29.3. The highest BCUT2D eigenvalue weighted by Crippen LogP contribution is 2.13. The quantitative estimate of drug-likeness (QED) is 0.774. The number of carbonyl (C=O) groups is 2. The molecule has 2 aromatic rings. The maximum Gasteiger partial charge on any atom is 0.238 e. The average Bonchev–Trinajstić information content (AvgIpc) is 2.60. The van der Waals surface area contributed by atoms with Crippen LogP contribution in [0.25, 0.3) is 0 Å². The molecule has 1 heterocycles. The Morgan fingerprint density at radius 2 is 1.60 bits per heavy atom. The summed E-state index contributed by atoms with van der Waals surface area (Å²) in [5.41, 5.74) is 2.63. The summed E-state index contributed by atoms with van der Waals surface area (Å²) in [5, 5.41) is 5.58. The number of benzene rings is 1. The van der Waals surface area contributed by atoms with E-state index in [1.165, 1.54) is 12.5 Å². The molecule has 132 valence electrons. The molecule has 0 fully saturated rings. The summed E-state index contributed by atoms with van der Waals surface area (Å²) in [6.07, 6.45) is 4.45. The Bertz CT molecular complexity index is 686. The van der Waals surface area contributed by atoms with Crippen molar-refractivity contribution in [3.63, 3.8) is 0 Å². The Hall–Kier alpha value is -2.73. The number of hydrogen-bond donors (Lipinski definition) is 2. The van der Waals surface area contributed by atoms with Gasteiger partial charge in [-0.15, -0.1) is 0 Å². The number of nitrogens with one attached hydrogen (secondary N) is 2. The zero-order valence-electron chi connectivity index (χ0n) is 14.7. The van der Waals surface area contributed by atoms with Gasteiger partial charge >= 0.3 is 0 Å². The zero-order chi connectivity index (χ0) is 18.1. The number of anilines is 2. The fourth-order valence-electron chi connectivity index (χ4n) is 2.43. The highest BCUT2D eigenvalue weighted by Gasteiger charge is 2.09. The number of aromatic nitrogens is 1. The fraction of sp³-hybridized carbons (Fsp3) is 0.316. The molecular formula is C19H24N4O2. The molecule has 2 rings (SSSR count). The van der Waals surface area contributed by atoms with Crippen LogP contribution >= 0.6 is 0 Å². The smallest absolute Gasteiger partial charge is 0.238 e. The lowest BCUT2D eigenvalue weighted by atomic mass is 10.2. The van der Waals surface area contributed by atoms with Crippen molar-refractivity contribution in [1.29, 1.82) is 0 Å². The van der Waals surface area contributed by atoms with Gasteiger partial charge in [-0.1, -0.05) is 6.92 Å². The van der Waals surface area contributed by atoms with Crippen molar-refractivity contribution in [1.82, 2.24) is 9.88 Å². The van der Waals surface area contributed by atoms with Gasteiger partial charge in [-0.3, -0.25) is 19.5 Å². The number of pyridine rings is 1. The summed E-state index contributed by atoms with van der Waals surface area (Å²) in [6, 6.07) is 11.1. The molecule has 1 aromatic heterocycles. The van der Waals surface area contributed by atoms with Crippen LogP contribution in [0.15, 0.2) is 48.8 Å². The van der Waals surface area contributed by atoms with Crippen LogP contribution in [0.3, 0.4) is 0 Å². The second-order valence-electron chi connectivity index (χ2n) is 5.78. The van der Waals surface area contributed by atoms with E-state index < -0.39 is 0 Å². The number of likely N-dealkylation sites (N-methyl/N-ethyl adjacent to an activating group) is 1. The predicted octanol–water partition coefficient (Wildman–Crippen LogP) is 2.54. The lowest BCUT2D eigenvalue weighted by molar-refractivity contribution is -0.117. The molecule has 0 aliphatic heterocycles. The zero-order valence-corrected chi connectivity index (χ0v) is 14.7. The summed E-state index contributed by atoms with van der Waals surface area (Å²) in [5.74, 6) is -0.173. The Kier molecular flexibility index (Phi) is 7.10. The first-order chi connectivity index (χ1) is 12.1. The minimum atomic E-state index is -0.121. The SMILES string of the molecule is CCN(CCc1ccncc1)CC(=O)Nc1ccc(NC(C)=O)cc1. The van der Waals surface area contributed by atoms with Crippen LogP contribution in [0.4, 0.5) is 11.4 Å². The van der Waals surface area contributed by atoms with Gasteiger partial charge in [-0.2, -0.15) is 0 Å². The van der Waals surface area contributed by atoms with Crippen molar-refractivity contribution in [3.05, 3.63) is 54.4 Å². The van der Waals surface area contributed by atoms with E-state index in [1.807, 2.05) is 19.1 Å². The molecule has 0 aliphatic rings. The third-order valence-electron chi connectivity index (χ3n) is 3.77. The molecule has 6 nitrogen and oxygen atoms in total. The monoisotopic (exact) mass is 340 g/mol. The van der Waals surface area contributed by atoms with Gasteiger partial charge in [0.15, 0.2) is 0 Å². The van der Waals surface area contributed by atoms with Crippen molar-refractivity contribution in [3.8, 4) is 0 Å². The third-order valence-corrected chi connectivity index (χ3v) is 3.77. The molecule has 0 radical (unpaired) electrons. The van der Waals surface area contributed by atoms with Crippen molar-refractivity contribution in [2.75, 3.05) is 30.3 Å². The summed E-state index contributed by atoms with van der Waals surface area (Å²) < 4.78 is 0. The van der Waals surface area contributed by atoms with Gasteiger partial charge in [0.2, 0.25) is 11.8 Å². The van der Waals surface area contributed by atoms with Gasteiger partial charge in [-0.25, -0.2) is 0 Å². The highest BCUT2D eigenvalue weighted by atomic mass is 16.2. The molecule has 0 bridgehead atoms. The molecule has 0 aliphatic carbocycles. The van der Waals surface area contributed by atoms with Gasteiger partial charge in [0, 0.05) is 37.2 Å². The van der Waals surface area contributed by atoms with E-state index in [2.05, 4.69) is 20.5 Å². The second-order valence-corrected chi connectivity index (χ2v) is 5.78. The first-order valence-corrected chi connectivity index (χ1v) is 8.35. The number of amides is 2. The van der Waals surface area contributed by atoms with Crippen molar-refractivity contribution in [2.45, 2.75) is 20.3 Å². The molecule has 1 aromatic carbocycles. The molecule has 0 unspecified atom stereocenters. The molecule has 25 heavy (non-hydrogen) atoms. The normalized spacial score (nSPS) is 10.5. The standard InChI is InChI=1S/C19H24N4O2/c1-3-23(13-10-16-8-11-20-12-9-16)14-19(25)22-18-6-4-17(5-7-18)21-15(2)24/h4-9,11-12H,3,10,13-14H2,1-2H3,(H,21,24)(H,22,25). The predicted molar refractivity (Wildman–Crippen MR) is 99.4 cm³/mol. The van der Waals surface area contributed by atoms with E-state index in [0.29, 0.717) is 17.9 Å². The van der Waals surface area contributed by atoms with E-state index in [-0.39, 0.29) is 11.8 Å². The van der Waals surface area contributed by atoms with Gasteiger partial charge in [-0.05, 0) is 54.9 Å². The lowest BCUT2D eigenvalue weighted by Crippen LogP contribution is -2.34. The number of carbonyl (C=O) groups excluding carboxylic acids is 2. The van der Waals surface area contributed by atoms with Crippen LogP contribution in [-0.2, 0) is 16.0 Å². The summed E-state index contributed by atoms with van der Waals surface area (Å²) in [7, 11) is 0. The largest absolute Gasteiger partial charge is 0.326 e. The Balaban J connectivity index is 1.81. The molecule has 0 spiro atoms. The maximum absolute atomic E-state index is 12.2. The van der Waals surface area contributed by atoms with Gasteiger partial charge in [0.1, 0.15) is 0 Å². The minimum Gasteiger partial charge on any atom is -0.326 e. The first-order valence-electron chi connectivity index (χ1n) is 8.35. The average molecular weight is 340 g/mol. The molecule has 0 atom stereocenters. The maximum atomic E-state index is 12.2. The number of hydrogen-bond acceptors (Lipinski definition) is 4. The Morgan fingerprint density at radius 3 is 2.16 bits per heavy atom. The highest BCUT2D eigenvalue weighted by molar-refractivity contribution is 5.93. The first kappa shape index (κ1) is 18.6. The van der Waals surface area contributed by atoms with Gasteiger partial charge in [0.05, 0.1) is 6.54 Å². The van der Waals surface area contributed by atoms with Gasteiger partial charge < -0.3 is 10.6 Å². The molecule has 2 amide bonds. The van der Waals surface area contributed by atoms with Gasteiger partial charge in [0.25, 0.3) is 0 Å². The van der Waals surface area contributed by atoms with Crippen molar-refractivity contribution in [2.24, 2.45) is 0 Å². The summed E-state index contributed by atoms with van der Waals surface area (Å²) >= 11 is 0. The van der Waals surface area contributed by atoms with Crippen LogP contribution in [0.2, 0.25) is 0 Å². The molecule has 0 saturated heterocycles. The van der Waals surface area contributed by atoms with E-state index in [9.17, 15) is 9.59 Å². The number of nitrogens with zero attached hydrogens (tertiary/aromatic N) is 2. The van der Waals surface area contributed by atoms with Crippen LogP contribution in [-0.4, -0.2) is 41.3 Å². The van der Waals surface area contributed by atoms with E-state index in [4.69, 9.17) is 0 Å². The van der Waals surface area contributed by atoms with E-state index >= 15 is 0 Å². The summed E-state index contributed by atoms with van der Waals surface area (Å²) in [6.45, 7) is 5.47. The minimum absolute atomic E-state index is 0.0520. The third kappa shape index (κ3) is 6.73. The van der Waals surface area contributed by atoms with Crippen LogP contribution < -0.4 is 10.6 Å². The van der Waals surface area contributed by atoms with E-state index in [1.54, 1.807) is 36.7 Å². The van der Waals surface area contributed by atoms with Crippen LogP contribution in [0, 0.1) is 0 Å². The van der Waals surface area contributed by atoms with Crippen LogP contribution in [0.5, 0.6) is 0 Å². The van der Waals surface area contributed by atoms with E-state index in [0.717, 1.165) is 19.5 Å². The van der Waals surface area contributed by atoms with Crippen LogP contribution in [0.1, 0.15) is 19.4 Å². The molecular weight excluding hydrogens is 316 g/mol. The molecule has 0 saturated carbocycles. The Morgan fingerprint density at radius 1 is 1.00 bits per heavy atom. The topological polar surface area (TPSA) is 74.3 Å². The fourth-order valence-corrected chi connectivity index (χ4v) is 2.43. The van der Waals surface area contributed by atoms with Crippen molar-refractivity contribution < 1.29 is 9.59 Å².